The molecular formula is C24H32N2O3. The van der Waals surface area contributed by atoms with Gasteiger partial charge >= 0.3 is 0 Å². The van der Waals surface area contributed by atoms with Crippen molar-refractivity contribution >= 4 is 11.7 Å². The third-order valence-corrected chi connectivity index (χ3v) is 6.20. The number of hydrogen-bond donors (Lipinski definition) is 1. The van der Waals surface area contributed by atoms with E-state index in [-0.39, 0.29) is 40.6 Å². The Balaban J connectivity index is 2.10. The molecule has 1 fully saturated rings. The molecular weight excluding hydrogens is 364 g/mol. The molecule has 0 heterocycles. The third-order valence-electron chi connectivity index (χ3n) is 6.20. The van der Waals surface area contributed by atoms with Crippen LogP contribution in [0, 0.1) is 35.0 Å². The molecule has 1 amide bonds. The van der Waals surface area contributed by atoms with Gasteiger partial charge in [-0.2, -0.15) is 5.26 Å². The summed E-state index contributed by atoms with van der Waals surface area (Å²) in [6.45, 7) is 17.3. The summed E-state index contributed by atoms with van der Waals surface area (Å²) in [7, 11) is 0. The molecule has 0 saturated heterocycles. The van der Waals surface area contributed by atoms with Gasteiger partial charge in [0.2, 0.25) is 5.91 Å². The van der Waals surface area contributed by atoms with Crippen LogP contribution < -0.4 is 10.1 Å². The van der Waals surface area contributed by atoms with Crippen molar-refractivity contribution in [3.05, 3.63) is 41.5 Å². The highest BCUT2D eigenvalue weighted by Gasteiger charge is 2.64. The van der Waals surface area contributed by atoms with Gasteiger partial charge in [-0.3, -0.25) is 9.59 Å². The highest BCUT2D eigenvalue weighted by Crippen LogP contribution is 2.55. The zero-order valence-electron chi connectivity index (χ0n) is 18.6. The number of nitriles is 1. The van der Waals surface area contributed by atoms with Gasteiger partial charge in [0.1, 0.15) is 11.9 Å². The molecule has 156 valence electrons. The van der Waals surface area contributed by atoms with Gasteiger partial charge in [-0.05, 0) is 49.6 Å². The Hall–Kier alpha value is -2.61. The molecule has 1 N–H and O–H groups in total. The maximum Gasteiger partial charge on any atom is 0.223 e. The predicted molar refractivity (Wildman–Crippen MR) is 113 cm³/mol. The topological polar surface area (TPSA) is 79.2 Å². The number of rotatable bonds is 7. The predicted octanol–water partition coefficient (Wildman–Crippen LogP) is 4.34. The van der Waals surface area contributed by atoms with Gasteiger partial charge in [0.25, 0.3) is 0 Å². The third kappa shape index (κ3) is 4.37. The van der Waals surface area contributed by atoms with Crippen LogP contribution in [0.4, 0.5) is 0 Å². The first kappa shape index (κ1) is 22.7. The Bertz CT molecular complexity index is 861. The SMILES string of the molecule is C=C(CC(C)C(=O)NC1C(C)(C)C(Oc2ccc(C#N)c(C)c2)C1(C)C)C(C)=O. The van der Waals surface area contributed by atoms with Crippen molar-refractivity contribution in [3.63, 3.8) is 0 Å². The fourth-order valence-corrected chi connectivity index (χ4v) is 4.66. The molecule has 1 atom stereocenters. The van der Waals surface area contributed by atoms with Gasteiger partial charge in [-0.25, -0.2) is 0 Å². The summed E-state index contributed by atoms with van der Waals surface area (Å²) in [5.74, 6) is 0.244. The van der Waals surface area contributed by atoms with E-state index < -0.39 is 0 Å². The zero-order chi connectivity index (χ0) is 22.1. The lowest BCUT2D eigenvalue weighted by Crippen LogP contribution is -2.75. The lowest BCUT2D eigenvalue weighted by Gasteiger charge is -2.63. The van der Waals surface area contributed by atoms with Crippen molar-refractivity contribution in [1.29, 1.82) is 5.26 Å². The summed E-state index contributed by atoms with van der Waals surface area (Å²) in [5, 5.41) is 12.3. The first-order chi connectivity index (χ1) is 13.3. The summed E-state index contributed by atoms with van der Waals surface area (Å²) in [4.78, 5) is 24.1. The number of nitrogens with one attached hydrogen (secondary N) is 1. The van der Waals surface area contributed by atoms with Crippen LogP contribution in [-0.2, 0) is 9.59 Å². The van der Waals surface area contributed by atoms with Gasteiger partial charge in [0.15, 0.2) is 5.78 Å². The van der Waals surface area contributed by atoms with E-state index in [1.165, 1.54) is 6.92 Å². The lowest BCUT2D eigenvalue weighted by molar-refractivity contribution is -0.174. The van der Waals surface area contributed by atoms with Gasteiger partial charge in [0.05, 0.1) is 11.6 Å². The number of ketones is 1. The van der Waals surface area contributed by atoms with Crippen molar-refractivity contribution in [2.24, 2.45) is 16.7 Å². The quantitative estimate of drug-likeness (QED) is 0.696. The molecule has 0 spiro atoms. The molecule has 0 aromatic heterocycles. The Morgan fingerprint density at radius 2 is 1.86 bits per heavy atom. The molecule has 5 nitrogen and oxygen atoms in total. The molecule has 1 aromatic rings. The van der Waals surface area contributed by atoms with Crippen LogP contribution in [0.3, 0.4) is 0 Å². The zero-order valence-corrected chi connectivity index (χ0v) is 18.6. The monoisotopic (exact) mass is 396 g/mol. The number of ether oxygens (including phenoxy) is 1. The van der Waals surface area contributed by atoms with Crippen LogP contribution in [0.1, 0.15) is 59.1 Å². The molecule has 0 radical (unpaired) electrons. The number of Topliss-reactive ketones (excluding diaryl/α,β-unsaturated/α-hetero) is 1. The minimum atomic E-state index is -0.320. The Kier molecular flexibility index (Phi) is 6.27. The van der Waals surface area contributed by atoms with Crippen LogP contribution >= 0.6 is 0 Å². The maximum absolute atomic E-state index is 12.7. The fraction of sp³-hybridized carbons (Fsp3) is 0.542. The highest BCUT2D eigenvalue weighted by atomic mass is 16.5. The summed E-state index contributed by atoms with van der Waals surface area (Å²) >= 11 is 0. The van der Waals surface area contributed by atoms with E-state index in [4.69, 9.17) is 10.00 Å². The van der Waals surface area contributed by atoms with Crippen LogP contribution in [0.25, 0.3) is 0 Å². The first-order valence-corrected chi connectivity index (χ1v) is 9.98. The number of hydrogen-bond acceptors (Lipinski definition) is 4. The molecule has 1 unspecified atom stereocenters. The number of allylic oxidation sites excluding steroid dienone is 1. The molecule has 1 saturated carbocycles. The number of aryl methyl sites for hydroxylation is 1. The maximum atomic E-state index is 12.7. The van der Waals surface area contributed by atoms with E-state index in [1.807, 2.05) is 26.0 Å². The van der Waals surface area contributed by atoms with Crippen molar-refractivity contribution in [3.8, 4) is 11.8 Å². The van der Waals surface area contributed by atoms with E-state index in [0.717, 1.165) is 11.3 Å². The minimum absolute atomic E-state index is 0.0694. The molecule has 5 heteroatoms. The average molecular weight is 397 g/mol. The Morgan fingerprint density at radius 3 is 2.34 bits per heavy atom. The fourth-order valence-electron chi connectivity index (χ4n) is 4.66. The van der Waals surface area contributed by atoms with Gasteiger partial charge in [-0.1, -0.05) is 41.2 Å². The number of benzene rings is 1. The van der Waals surface area contributed by atoms with E-state index in [0.29, 0.717) is 17.6 Å². The van der Waals surface area contributed by atoms with Crippen LogP contribution in [-0.4, -0.2) is 23.8 Å². The summed E-state index contributed by atoms with van der Waals surface area (Å²) in [6, 6.07) is 7.57. The Morgan fingerprint density at radius 1 is 1.28 bits per heavy atom. The van der Waals surface area contributed by atoms with E-state index in [2.05, 4.69) is 45.7 Å². The second-order valence-electron chi connectivity index (χ2n) is 9.44. The molecule has 1 aromatic carbocycles. The van der Waals surface area contributed by atoms with Crippen LogP contribution in [0.2, 0.25) is 0 Å². The van der Waals surface area contributed by atoms with Crippen molar-refractivity contribution in [2.75, 3.05) is 0 Å². The van der Waals surface area contributed by atoms with E-state index >= 15 is 0 Å². The van der Waals surface area contributed by atoms with Crippen molar-refractivity contribution in [2.45, 2.75) is 67.0 Å². The Labute approximate surface area is 174 Å². The van der Waals surface area contributed by atoms with E-state index in [1.54, 1.807) is 6.07 Å². The number of amides is 1. The van der Waals surface area contributed by atoms with Gasteiger partial charge in [-0.15, -0.1) is 0 Å². The molecule has 0 bridgehead atoms. The second kappa shape index (κ2) is 8.02. The molecule has 2 rings (SSSR count). The standard InChI is InChI=1S/C24H32N2O3/c1-14(17(4)27)11-16(3)20(28)26-21-23(5,6)22(24(21,7)8)29-19-10-9-18(13-25)15(2)12-19/h9-10,12,16,21-22H,1,11H2,2-8H3,(H,26,28). The first-order valence-electron chi connectivity index (χ1n) is 9.98. The van der Waals surface area contributed by atoms with Gasteiger partial charge in [0, 0.05) is 22.8 Å². The largest absolute Gasteiger partial charge is 0.489 e. The second-order valence-corrected chi connectivity index (χ2v) is 9.44. The number of carbonyl (C=O) groups is 2. The average Bonchev–Trinajstić information content (AvgIpc) is 2.63. The summed E-state index contributed by atoms with van der Waals surface area (Å²) in [6.07, 6.45) is 0.259. The molecule has 1 aliphatic rings. The van der Waals surface area contributed by atoms with E-state index in [9.17, 15) is 9.59 Å². The molecule has 1 aliphatic carbocycles. The molecule has 0 aliphatic heterocycles. The lowest BCUT2D eigenvalue weighted by atomic mass is 9.49. The normalized spacial score (nSPS) is 22.6. The van der Waals surface area contributed by atoms with Crippen molar-refractivity contribution < 1.29 is 14.3 Å². The molecule has 29 heavy (non-hydrogen) atoms. The minimum Gasteiger partial charge on any atom is -0.489 e. The number of nitrogens with zero attached hydrogens (tertiary/aromatic N) is 1. The summed E-state index contributed by atoms with van der Waals surface area (Å²) < 4.78 is 6.31. The number of carbonyl (C=O) groups excluding carboxylic acids is 2. The van der Waals surface area contributed by atoms with Crippen LogP contribution in [0.5, 0.6) is 5.75 Å². The van der Waals surface area contributed by atoms with Crippen LogP contribution in [0.15, 0.2) is 30.4 Å². The van der Waals surface area contributed by atoms with Gasteiger partial charge < -0.3 is 10.1 Å². The van der Waals surface area contributed by atoms with Crippen molar-refractivity contribution in [1.82, 2.24) is 5.32 Å². The highest BCUT2D eigenvalue weighted by molar-refractivity contribution is 5.93. The smallest absolute Gasteiger partial charge is 0.223 e. The summed E-state index contributed by atoms with van der Waals surface area (Å²) in [5.41, 5.74) is 1.42.